The minimum absolute atomic E-state index is 0.571. The molecule has 2 heteroatoms. The van der Waals surface area contributed by atoms with Crippen LogP contribution in [0, 0.1) is 0 Å². The van der Waals surface area contributed by atoms with Crippen molar-refractivity contribution >= 4 is 0 Å². The lowest BCUT2D eigenvalue weighted by atomic mass is 10.2. The van der Waals surface area contributed by atoms with E-state index in [0.29, 0.717) is 6.04 Å². The number of hydrogen-bond acceptors (Lipinski definition) is 2. The summed E-state index contributed by atoms with van der Waals surface area (Å²) >= 11 is 0. The Hall–Kier alpha value is -0.340. The molecule has 0 amide bonds. The fraction of sp³-hybridized carbons (Fsp3) is 0.818. The lowest BCUT2D eigenvalue weighted by Crippen LogP contribution is -2.35. The van der Waals surface area contributed by atoms with Gasteiger partial charge in [0.1, 0.15) is 0 Å². The maximum atomic E-state index is 5.48. The van der Waals surface area contributed by atoms with Gasteiger partial charge in [-0.3, -0.25) is 4.90 Å². The standard InChI is InChI=1S/C11H21NO/c1-10(2)5-7-12-6-4-8-13-9-11(12)3/h11H,1,4-9H2,2-3H3. The van der Waals surface area contributed by atoms with Gasteiger partial charge in [-0.15, -0.1) is 6.58 Å². The van der Waals surface area contributed by atoms with Crippen molar-refractivity contribution < 1.29 is 4.74 Å². The van der Waals surface area contributed by atoms with Crippen LogP contribution in [0.2, 0.25) is 0 Å². The van der Waals surface area contributed by atoms with Crippen LogP contribution in [0.25, 0.3) is 0 Å². The molecule has 0 spiro atoms. The molecule has 2 nitrogen and oxygen atoms in total. The quantitative estimate of drug-likeness (QED) is 0.621. The first-order chi connectivity index (χ1) is 6.20. The molecule has 0 N–H and O–H groups in total. The number of hydrogen-bond donors (Lipinski definition) is 0. The first-order valence-corrected chi connectivity index (χ1v) is 5.16. The van der Waals surface area contributed by atoms with E-state index in [4.69, 9.17) is 4.74 Å². The maximum absolute atomic E-state index is 5.48. The lowest BCUT2D eigenvalue weighted by molar-refractivity contribution is 0.108. The normalized spacial score (nSPS) is 25.5. The first kappa shape index (κ1) is 10.7. The summed E-state index contributed by atoms with van der Waals surface area (Å²) in [4.78, 5) is 2.50. The highest BCUT2D eigenvalue weighted by Crippen LogP contribution is 2.09. The van der Waals surface area contributed by atoms with Crippen molar-refractivity contribution in [2.45, 2.75) is 32.7 Å². The molecule has 1 rings (SSSR count). The van der Waals surface area contributed by atoms with Gasteiger partial charge in [0.2, 0.25) is 0 Å². The summed E-state index contributed by atoms with van der Waals surface area (Å²) in [5.74, 6) is 0. The van der Waals surface area contributed by atoms with Gasteiger partial charge >= 0.3 is 0 Å². The molecular formula is C11H21NO. The summed E-state index contributed by atoms with van der Waals surface area (Å²) in [6.07, 6.45) is 2.28. The SMILES string of the molecule is C=C(C)CCN1CCCOCC1C. The molecule has 13 heavy (non-hydrogen) atoms. The van der Waals surface area contributed by atoms with Crippen LogP contribution in [0.4, 0.5) is 0 Å². The van der Waals surface area contributed by atoms with Gasteiger partial charge in [-0.05, 0) is 26.7 Å². The molecule has 1 aliphatic rings. The third kappa shape index (κ3) is 3.92. The second-order valence-electron chi connectivity index (χ2n) is 4.02. The van der Waals surface area contributed by atoms with Crippen molar-refractivity contribution in [2.24, 2.45) is 0 Å². The van der Waals surface area contributed by atoms with E-state index in [2.05, 4.69) is 25.3 Å². The van der Waals surface area contributed by atoms with Crippen molar-refractivity contribution in [1.82, 2.24) is 4.90 Å². The number of rotatable bonds is 3. The van der Waals surface area contributed by atoms with Gasteiger partial charge in [0.25, 0.3) is 0 Å². The Morgan fingerprint density at radius 1 is 1.62 bits per heavy atom. The van der Waals surface area contributed by atoms with E-state index in [-0.39, 0.29) is 0 Å². The topological polar surface area (TPSA) is 12.5 Å². The van der Waals surface area contributed by atoms with Crippen LogP contribution >= 0.6 is 0 Å². The molecule has 0 aromatic rings. The van der Waals surface area contributed by atoms with Crippen molar-refractivity contribution in [3.63, 3.8) is 0 Å². The Morgan fingerprint density at radius 2 is 2.38 bits per heavy atom. The Labute approximate surface area is 81.6 Å². The summed E-state index contributed by atoms with van der Waals surface area (Å²) in [5.41, 5.74) is 1.28. The van der Waals surface area contributed by atoms with E-state index in [0.717, 1.165) is 26.2 Å². The Kier molecular flexibility index (Phi) is 4.46. The summed E-state index contributed by atoms with van der Waals surface area (Å²) in [6.45, 7) is 12.4. The lowest BCUT2D eigenvalue weighted by Gasteiger charge is -2.25. The molecule has 0 aliphatic carbocycles. The summed E-state index contributed by atoms with van der Waals surface area (Å²) in [7, 11) is 0. The first-order valence-electron chi connectivity index (χ1n) is 5.16. The van der Waals surface area contributed by atoms with Crippen LogP contribution in [0.5, 0.6) is 0 Å². The van der Waals surface area contributed by atoms with Gasteiger partial charge in [0.15, 0.2) is 0 Å². The van der Waals surface area contributed by atoms with Gasteiger partial charge in [0.05, 0.1) is 6.61 Å². The zero-order valence-corrected chi connectivity index (χ0v) is 8.88. The smallest absolute Gasteiger partial charge is 0.0619 e. The van der Waals surface area contributed by atoms with E-state index in [1.54, 1.807) is 0 Å². The van der Waals surface area contributed by atoms with E-state index in [9.17, 15) is 0 Å². The van der Waals surface area contributed by atoms with Crippen molar-refractivity contribution in [1.29, 1.82) is 0 Å². The van der Waals surface area contributed by atoms with Gasteiger partial charge < -0.3 is 4.74 Å². The highest BCUT2D eigenvalue weighted by atomic mass is 16.5. The van der Waals surface area contributed by atoms with Crippen LogP contribution < -0.4 is 0 Å². The fourth-order valence-electron chi connectivity index (χ4n) is 1.62. The zero-order valence-electron chi connectivity index (χ0n) is 8.88. The van der Waals surface area contributed by atoms with Crippen LogP contribution in [0.15, 0.2) is 12.2 Å². The largest absolute Gasteiger partial charge is 0.380 e. The molecule has 1 aliphatic heterocycles. The summed E-state index contributed by atoms with van der Waals surface area (Å²) < 4.78 is 5.48. The van der Waals surface area contributed by atoms with Crippen molar-refractivity contribution in [3.8, 4) is 0 Å². The van der Waals surface area contributed by atoms with E-state index in [1.165, 1.54) is 18.5 Å². The van der Waals surface area contributed by atoms with Crippen molar-refractivity contribution in [2.75, 3.05) is 26.3 Å². The Bertz CT molecular complexity index is 167. The van der Waals surface area contributed by atoms with Gasteiger partial charge in [-0.25, -0.2) is 0 Å². The second-order valence-corrected chi connectivity index (χ2v) is 4.02. The molecule has 0 radical (unpaired) electrons. The van der Waals surface area contributed by atoms with Gasteiger partial charge in [0, 0.05) is 25.7 Å². The van der Waals surface area contributed by atoms with Gasteiger partial charge in [-0.1, -0.05) is 5.57 Å². The molecule has 1 saturated heterocycles. The molecule has 0 aromatic carbocycles. The third-order valence-electron chi connectivity index (χ3n) is 2.54. The third-order valence-corrected chi connectivity index (χ3v) is 2.54. The van der Waals surface area contributed by atoms with Crippen LogP contribution in [-0.2, 0) is 4.74 Å². The van der Waals surface area contributed by atoms with E-state index in [1.807, 2.05) is 0 Å². The molecule has 0 aromatic heterocycles. The predicted molar refractivity (Wildman–Crippen MR) is 55.9 cm³/mol. The molecular weight excluding hydrogens is 162 g/mol. The monoisotopic (exact) mass is 183 g/mol. The van der Waals surface area contributed by atoms with Crippen LogP contribution in [-0.4, -0.2) is 37.2 Å². The molecule has 1 unspecified atom stereocenters. The molecule has 1 fully saturated rings. The summed E-state index contributed by atoms with van der Waals surface area (Å²) in [5, 5.41) is 0. The maximum Gasteiger partial charge on any atom is 0.0619 e. The average molecular weight is 183 g/mol. The Balaban J connectivity index is 2.31. The van der Waals surface area contributed by atoms with Gasteiger partial charge in [-0.2, -0.15) is 0 Å². The average Bonchev–Trinajstić information content (AvgIpc) is 2.27. The molecule has 76 valence electrons. The zero-order chi connectivity index (χ0) is 9.68. The minimum atomic E-state index is 0.571. The molecule has 0 saturated carbocycles. The number of ether oxygens (including phenoxy) is 1. The molecule has 0 bridgehead atoms. The van der Waals surface area contributed by atoms with Crippen LogP contribution in [0.3, 0.4) is 0 Å². The second kappa shape index (κ2) is 5.40. The Morgan fingerprint density at radius 3 is 3.08 bits per heavy atom. The van der Waals surface area contributed by atoms with E-state index >= 15 is 0 Å². The van der Waals surface area contributed by atoms with Crippen molar-refractivity contribution in [3.05, 3.63) is 12.2 Å². The number of nitrogens with zero attached hydrogens (tertiary/aromatic N) is 1. The van der Waals surface area contributed by atoms with E-state index < -0.39 is 0 Å². The fourth-order valence-corrected chi connectivity index (χ4v) is 1.62. The molecule has 1 heterocycles. The van der Waals surface area contributed by atoms with Crippen LogP contribution in [0.1, 0.15) is 26.7 Å². The highest BCUT2D eigenvalue weighted by molar-refractivity contribution is 4.89. The summed E-state index contributed by atoms with van der Waals surface area (Å²) in [6, 6.07) is 0.571. The minimum Gasteiger partial charge on any atom is -0.380 e. The molecule has 1 atom stereocenters. The predicted octanol–water partition coefficient (Wildman–Crippen LogP) is 2.06. The highest BCUT2D eigenvalue weighted by Gasteiger charge is 2.16.